The molecule has 0 aromatic carbocycles. The van der Waals surface area contributed by atoms with Gasteiger partial charge in [-0.3, -0.25) is 0 Å². The quantitative estimate of drug-likeness (QED) is 0.360. The number of carboxylic acid groups (broad SMARTS) is 1. The van der Waals surface area contributed by atoms with Crippen LogP contribution in [0.15, 0.2) is 0 Å². The first kappa shape index (κ1) is 14.9. The van der Waals surface area contributed by atoms with Crippen LogP contribution in [0.2, 0.25) is 0 Å². The average molecular weight is 263 g/mol. The van der Waals surface area contributed by atoms with Gasteiger partial charge in [0.15, 0.2) is 5.60 Å². The second kappa shape index (κ2) is 4.82. The van der Waals surface area contributed by atoms with Gasteiger partial charge < -0.3 is 25.5 Å². The van der Waals surface area contributed by atoms with Crippen molar-refractivity contribution >= 4 is 30.0 Å². The van der Waals surface area contributed by atoms with Gasteiger partial charge in [0.25, 0.3) is 0 Å². The molecular formula is C7H12Cl2O6. The molecule has 1 rings (SSSR count). The van der Waals surface area contributed by atoms with E-state index in [-0.39, 0.29) is 12.4 Å². The van der Waals surface area contributed by atoms with Crippen molar-refractivity contribution < 1.29 is 30.3 Å². The smallest absolute Gasteiger partial charge is 0.337 e. The van der Waals surface area contributed by atoms with Crippen molar-refractivity contribution in [3.8, 4) is 0 Å². The first-order valence-corrected chi connectivity index (χ1v) is 4.38. The molecule has 1 saturated carbocycles. The fourth-order valence-electron chi connectivity index (χ4n) is 1.44. The number of hydrogen-bond acceptors (Lipinski definition) is 5. The van der Waals surface area contributed by atoms with Crippen LogP contribution in [0.4, 0.5) is 0 Å². The van der Waals surface area contributed by atoms with Crippen molar-refractivity contribution in [2.75, 3.05) is 0 Å². The maximum absolute atomic E-state index is 10.6. The molecule has 0 amide bonds. The van der Waals surface area contributed by atoms with Crippen LogP contribution >= 0.6 is 24.0 Å². The largest absolute Gasteiger partial charge is 0.479 e. The molecule has 0 radical (unpaired) electrons. The van der Waals surface area contributed by atoms with Crippen molar-refractivity contribution in [2.45, 2.75) is 35.7 Å². The zero-order valence-electron chi connectivity index (χ0n) is 7.45. The van der Waals surface area contributed by atoms with Gasteiger partial charge in [-0.05, 0) is 0 Å². The normalized spacial score (nSPS) is 45.7. The summed E-state index contributed by atoms with van der Waals surface area (Å²) < 4.78 is 0. The molecule has 1 fully saturated rings. The monoisotopic (exact) mass is 262 g/mol. The standard InChI is InChI=1S/C7H11ClO6.ClH/c8-5-4(11)3(10)2(9)1-7(5,14)6(12)13;/h2-5,9-11,14H,1H2,(H,12,13);1H/t2-,3?,4+,5?,7?;/m1./s1. The molecule has 8 heteroatoms. The summed E-state index contributed by atoms with van der Waals surface area (Å²) >= 11 is 5.48. The van der Waals surface area contributed by atoms with Gasteiger partial charge in [-0.15, -0.1) is 24.0 Å². The molecule has 0 spiro atoms. The van der Waals surface area contributed by atoms with E-state index >= 15 is 0 Å². The Morgan fingerprint density at radius 2 is 1.73 bits per heavy atom. The van der Waals surface area contributed by atoms with Crippen LogP contribution in [0.25, 0.3) is 0 Å². The van der Waals surface area contributed by atoms with E-state index in [1.165, 1.54) is 0 Å². The number of aliphatic carboxylic acids is 1. The summed E-state index contributed by atoms with van der Waals surface area (Å²) in [5.74, 6) is -1.64. The molecule has 0 saturated heterocycles. The van der Waals surface area contributed by atoms with Crippen LogP contribution in [-0.2, 0) is 4.79 Å². The summed E-state index contributed by atoms with van der Waals surface area (Å²) in [4.78, 5) is 10.6. The maximum atomic E-state index is 10.6. The summed E-state index contributed by atoms with van der Waals surface area (Å²) in [6.07, 6.45) is -5.35. The molecule has 1 aliphatic rings. The first-order chi connectivity index (χ1) is 6.30. The van der Waals surface area contributed by atoms with Crippen LogP contribution in [0, 0.1) is 0 Å². The molecule has 15 heavy (non-hydrogen) atoms. The number of halogens is 2. The minimum atomic E-state index is -2.42. The van der Waals surface area contributed by atoms with Crippen LogP contribution in [0.3, 0.4) is 0 Å². The van der Waals surface area contributed by atoms with Crippen molar-refractivity contribution in [1.82, 2.24) is 0 Å². The highest BCUT2D eigenvalue weighted by molar-refractivity contribution is 6.23. The van der Waals surface area contributed by atoms with Crippen LogP contribution in [0.1, 0.15) is 6.42 Å². The Labute approximate surface area is 96.5 Å². The fraction of sp³-hybridized carbons (Fsp3) is 0.857. The van der Waals surface area contributed by atoms with E-state index < -0.39 is 41.7 Å². The Balaban J connectivity index is 0.00000196. The molecule has 1 aliphatic carbocycles. The lowest BCUT2D eigenvalue weighted by Crippen LogP contribution is -2.63. The SMILES string of the molecule is Cl.O=C(O)C1(O)C[C@@H](O)C(O)[C@H](O)C1Cl. The number of carbonyl (C=O) groups is 1. The molecule has 5 N–H and O–H groups in total. The molecule has 90 valence electrons. The molecule has 3 unspecified atom stereocenters. The van der Waals surface area contributed by atoms with Crippen molar-refractivity contribution in [3.63, 3.8) is 0 Å². The van der Waals surface area contributed by atoms with E-state index in [4.69, 9.17) is 26.9 Å². The minimum Gasteiger partial charge on any atom is -0.479 e. The number of carboxylic acids is 1. The van der Waals surface area contributed by atoms with Gasteiger partial charge in [-0.2, -0.15) is 0 Å². The van der Waals surface area contributed by atoms with Crippen LogP contribution in [-0.4, -0.2) is 60.8 Å². The lowest BCUT2D eigenvalue weighted by atomic mass is 9.79. The molecule has 0 aromatic rings. The second-order valence-electron chi connectivity index (χ2n) is 3.38. The highest BCUT2D eigenvalue weighted by Gasteiger charge is 2.55. The fourth-order valence-corrected chi connectivity index (χ4v) is 1.77. The van der Waals surface area contributed by atoms with Gasteiger partial charge in [-0.25, -0.2) is 4.79 Å². The van der Waals surface area contributed by atoms with Crippen LogP contribution in [0.5, 0.6) is 0 Å². The predicted octanol–water partition coefficient (Wildman–Crippen LogP) is -1.68. The third-order valence-electron chi connectivity index (χ3n) is 2.39. The summed E-state index contributed by atoms with van der Waals surface area (Å²) in [6.45, 7) is 0. The molecule has 5 atom stereocenters. The zero-order chi connectivity index (χ0) is 11.1. The second-order valence-corrected chi connectivity index (χ2v) is 3.85. The van der Waals surface area contributed by atoms with Crippen molar-refractivity contribution in [1.29, 1.82) is 0 Å². The Bertz CT molecular complexity index is 250. The van der Waals surface area contributed by atoms with E-state index in [1.54, 1.807) is 0 Å². The van der Waals surface area contributed by atoms with E-state index in [2.05, 4.69) is 0 Å². The highest BCUT2D eigenvalue weighted by Crippen LogP contribution is 2.33. The number of aliphatic hydroxyl groups excluding tert-OH is 3. The number of aliphatic hydroxyl groups is 4. The average Bonchev–Trinajstić information content (AvgIpc) is 2.11. The molecule has 0 aliphatic heterocycles. The maximum Gasteiger partial charge on any atom is 0.337 e. The lowest BCUT2D eigenvalue weighted by Gasteiger charge is -2.41. The Morgan fingerprint density at radius 3 is 2.13 bits per heavy atom. The van der Waals surface area contributed by atoms with Gasteiger partial charge in [0.05, 0.1) is 6.10 Å². The number of alkyl halides is 1. The molecule has 0 aromatic heterocycles. The summed E-state index contributed by atoms with van der Waals surface area (Å²) in [5.41, 5.74) is -2.42. The molecular weight excluding hydrogens is 251 g/mol. The Hall–Kier alpha value is -0.110. The summed E-state index contributed by atoms with van der Waals surface area (Å²) in [7, 11) is 0. The van der Waals surface area contributed by atoms with Gasteiger partial charge in [-0.1, -0.05) is 0 Å². The molecule has 0 bridgehead atoms. The van der Waals surface area contributed by atoms with Gasteiger partial charge in [0.1, 0.15) is 17.6 Å². The minimum absolute atomic E-state index is 0. The van der Waals surface area contributed by atoms with E-state index in [0.29, 0.717) is 0 Å². The topological polar surface area (TPSA) is 118 Å². The zero-order valence-corrected chi connectivity index (χ0v) is 9.02. The number of rotatable bonds is 1. The van der Waals surface area contributed by atoms with Gasteiger partial charge in [0.2, 0.25) is 0 Å². The van der Waals surface area contributed by atoms with Gasteiger partial charge >= 0.3 is 5.97 Å². The molecule has 0 heterocycles. The van der Waals surface area contributed by atoms with Crippen LogP contribution < -0.4 is 0 Å². The Kier molecular flexibility index (Phi) is 4.78. The third kappa shape index (κ3) is 2.35. The summed E-state index contributed by atoms with van der Waals surface area (Å²) in [6, 6.07) is 0. The first-order valence-electron chi connectivity index (χ1n) is 3.94. The highest BCUT2D eigenvalue weighted by atomic mass is 35.5. The van der Waals surface area contributed by atoms with E-state index in [1.807, 2.05) is 0 Å². The third-order valence-corrected chi connectivity index (χ3v) is 3.01. The lowest BCUT2D eigenvalue weighted by molar-refractivity contribution is -0.185. The van der Waals surface area contributed by atoms with Crippen molar-refractivity contribution in [3.05, 3.63) is 0 Å². The Morgan fingerprint density at radius 1 is 1.27 bits per heavy atom. The predicted molar refractivity (Wildman–Crippen MR) is 52.1 cm³/mol. The molecule has 6 nitrogen and oxygen atoms in total. The van der Waals surface area contributed by atoms with Gasteiger partial charge in [0, 0.05) is 6.42 Å². The van der Waals surface area contributed by atoms with Crippen molar-refractivity contribution in [2.24, 2.45) is 0 Å². The number of hydrogen-bond donors (Lipinski definition) is 5. The summed E-state index contributed by atoms with van der Waals surface area (Å²) in [5, 5.41) is 44.1. The van der Waals surface area contributed by atoms with E-state index in [9.17, 15) is 15.0 Å². The van der Waals surface area contributed by atoms with E-state index in [0.717, 1.165) is 0 Å².